The number of hydrogen-bond acceptors (Lipinski definition) is 3. The van der Waals surface area contributed by atoms with E-state index in [1.807, 2.05) is 29.2 Å². The normalized spacial score (nSPS) is 28.8. The Morgan fingerprint density at radius 3 is 2.08 bits per heavy atom. The van der Waals surface area contributed by atoms with Crippen LogP contribution in [0.2, 0.25) is 0 Å². The van der Waals surface area contributed by atoms with Crippen LogP contribution in [0.15, 0.2) is 28.7 Å². The van der Waals surface area contributed by atoms with Gasteiger partial charge in [0.15, 0.2) is 0 Å². The molecule has 0 aliphatic carbocycles. The van der Waals surface area contributed by atoms with Gasteiger partial charge < -0.3 is 4.90 Å². The molecule has 0 spiro atoms. The van der Waals surface area contributed by atoms with E-state index in [0.29, 0.717) is 19.3 Å². The van der Waals surface area contributed by atoms with Gasteiger partial charge in [0.1, 0.15) is 0 Å². The molecule has 1 aromatic rings. The summed E-state index contributed by atoms with van der Waals surface area (Å²) in [5.41, 5.74) is 1.01. The van der Waals surface area contributed by atoms with Gasteiger partial charge in [-0.15, -0.1) is 0 Å². The molecule has 6 heteroatoms. The molecule has 0 radical (unpaired) electrons. The van der Waals surface area contributed by atoms with E-state index in [9.17, 15) is 14.4 Å². The van der Waals surface area contributed by atoms with Crippen molar-refractivity contribution in [1.29, 1.82) is 0 Å². The van der Waals surface area contributed by atoms with Crippen LogP contribution in [0.4, 0.5) is 0 Å². The van der Waals surface area contributed by atoms with Crippen LogP contribution in [0, 0.1) is 0 Å². The minimum Gasteiger partial charge on any atom is -0.336 e. The van der Waals surface area contributed by atoms with Gasteiger partial charge in [0.05, 0.1) is 6.42 Å². The Morgan fingerprint density at radius 1 is 0.960 bits per heavy atom. The van der Waals surface area contributed by atoms with Gasteiger partial charge >= 0.3 is 0 Å². The molecule has 4 rings (SSSR count). The van der Waals surface area contributed by atoms with E-state index in [4.69, 9.17) is 0 Å². The van der Waals surface area contributed by atoms with Crippen LogP contribution >= 0.6 is 15.9 Å². The van der Waals surface area contributed by atoms with Crippen molar-refractivity contribution in [3.05, 3.63) is 34.3 Å². The van der Waals surface area contributed by atoms with Crippen molar-refractivity contribution >= 4 is 33.7 Å². The lowest BCUT2D eigenvalue weighted by molar-refractivity contribution is -0.144. The molecule has 3 aliphatic rings. The van der Waals surface area contributed by atoms with E-state index in [1.54, 1.807) is 0 Å². The van der Waals surface area contributed by atoms with Gasteiger partial charge in [-0.05, 0) is 43.4 Å². The predicted octanol–water partition coefficient (Wildman–Crippen LogP) is 2.66. The van der Waals surface area contributed by atoms with Crippen molar-refractivity contribution < 1.29 is 14.4 Å². The zero-order valence-corrected chi connectivity index (χ0v) is 15.6. The van der Waals surface area contributed by atoms with Crippen molar-refractivity contribution in [2.45, 2.75) is 63.1 Å². The summed E-state index contributed by atoms with van der Waals surface area (Å²) in [6.45, 7) is 0. The fraction of sp³-hybridized carbons (Fsp3) is 0.526. The molecule has 0 N–H and O–H groups in total. The zero-order valence-electron chi connectivity index (χ0n) is 14.0. The standard InChI is InChI=1S/C19H21BrN2O3/c20-13-3-1-12(2-4-13)9-19(25)21-14-5-6-15(21)11-16(10-14)22-17(23)7-8-18(22)24/h1-4,14-16H,5-11H2. The van der Waals surface area contributed by atoms with Gasteiger partial charge in [-0.1, -0.05) is 28.1 Å². The van der Waals surface area contributed by atoms with Crippen molar-refractivity contribution in [3.8, 4) is 0 Å². The molecule has 2 unspecified atom stereocenters. The molecule has 25 heavy (non-hydrogen) atoms. The molecule has 3 fully saturated rings. The van der Waals surface area contributed by atoms with Crippen molar-refractivity contribution in [2.75, 3.05) is 0 Å². The number of likely N-dealkylation sites (tertiary alicyclic amines) is 1. The number of benzene rings is 1. The number of halogens is 1. The fourth-order valence-electron chi connectivity index (χ4n) is 4.64. The van der Waals surface area contributed by atoms with E-state index in [2.05, 4.69) is 15.9 Å². The highest BCUT2D eigenvalue weighted by Gasteiger charge is 2.47. The summed E-state index contributed by atoms with van der Waals surface area (Å²) in [5.74, 6) is 0.0837. The van der Waals surface area contributed by atoms with Gasteiger partial charge in [-0.2, -0.15) is 0 Å². The second kappa shape index (κ2) is 6.56. The summed E-state index contributed by atoms with van der Waals surface area (Å²) in [6, 6.07) is 8.15. The molecule has 132 valence electrons. The van der Waals surface area contributed by atoms with Gasteiger partial charge in [-0.25, -0.2) is 0 Å². The van der Waals surface area contributed by atoms with Crippen molar-refractivity contribution in [3.63, 3.8) is 0 Å². The third-order valence-electron chi connectivity index (χ3n) is 5.72. The number of fused-ring (bicyclic) bond motifs is 2. The van der Waals surface area contributed by atoms with Gasteiger partial charge in [0, 0.05) is 35.4 Å². The second-order valence-electron chi connectivity index (χ2n) is 7.27. The van der Waals surface area contributed by atoms with E-state index in [0.717, 1.165) is 35.7 Å². The summed E-state index contributed by atoms with van der Waals surface area (Å²) >= 11 is 3.41. The fourth-order valence-corrected chi connectivity index (χ4v) is 4.90. The Balaban J connectivity index is 1.45. The summed E-state index contributed by atoms with van der Waals surface area (Å²) in [5, 5.41) is 0. The van der Waals surface area contributed by atoms with Gasteiger partial charge in [0.25, 0.3) is 0 Å². The topological polar surface area (TPSA) is 57.7 Å². The first-order chi connectivity index (χ1) is 12.0. The van der Waals surface area contributed by atoms with E-state index in [1.165, 1.54) is 4.90 Å². The third kappa shape index (κ3) is 3.12. The quantitative estimate of drug-likeness (QED) is 0.727. The largest absolute Gasteiger partial charge is 0.336 e. The number of carbonyl (C=O) groups excluding carboxylic acids is 3. The van der Waals surface area contributed by atoms with Crippen LogP contribution in [0.1, 0.15) is 44.1 Å². The van der Waals surface area contributed by atoms with Gasteiger partial charge in [-0.3, -0.25) is 19.3 Å². The Hall–Kier alpha value is -1.69. The van der Waals surface area contributed by atoms with Crippen LogP contribution < -0.4 is 0 Å². The van der Waals surface area contributed by atoms with Crippen molar-refractivity contribution in [1.82, 2.24) is 9.80 Å². The van der Waals surface area contributed by atoms with E-state index >= 15 is 0 Å². The molecule has 3 saturated heterocycles. The minimum absolute atomic E-state index is 0.0169. The smallest absolute Gasteiger partial charge is 0.229 e. The molecule has 0 saturated carbocycles. The second-order valence-corrected chi connectivity index (χ2v) is 8.19. The summed E-state index contributed by atoms with van der Waals surface area (Å²) in [4.78, 5) is 40.4. The minimum atomic E-state index is -0.0379. The van der Waals surface area contributed by atoms with Crippen LogP contribution in [0.3, 0.4) is 0 Å². The molecule has 1 aromatic carbocycles. The summed E-state index contributed by atoms with van der Waals surface area (Å²) in [7, 11) is 0. The SMILES string of the molecule is O=C1CCC(=O)N1C1CC2CCC(C1)N2C(=O)Cc1ccc(Br)cc1. The lowest BCUT2D eigenvalue weighted by atomic mass is 9.95. The Kier molecular flexibility index (Phi) is 4.40. The maximum absolute atomic E-state index is 12.8. The highest BCUT2D eigenvalue weighted by molar-refractivity contribution is 9.10. The lowest BCUT2D eigenvalue weighted by Gasteiger charge is -2.41. The number of imide groups is 1. The lowest BCUT2D eigenvalue weighted by Crippen LogP contribution is -2.54. The van der Waals surface area contributed by atoms with Crippen molar-refractivity contribution in [2.24, 2.45) is 0 Å². The molecular formula is C19H21BrN2O3. The number of hydrogen-bond donors (Lipinski definition) is 0. The first-order valence-electron chi connectivity index (χ1n) is 8.93. The molecule has 3 amide bonds. The molecule has 3 heterocycles. The highest BCUT2D eigenvalue weighted by atomic mass is 79.9. The molecule has 2 bridgehead atoms. The third-order valence-corrected chi connectivity index (χ3v) is 6.25. The van der Waals surface area contributed by atoms with E-state index in [-0.39, 0.29) is 35.8 Å². The number of amides is 3. The number of carbonyl (C=O) groups is 3. The molecule has 0 aromatic heterocycles. The van der Waals surface area contributed by atoms with Crippen LogP contribution in [-0.2, 0) is 20.8 Å². The predicted molar refractivity (Wildman–Crippen MR) is 95.6 cm³/mol. The number of nitrogens with zero attached hydrogens (tertiary/aromatic N) is 2. The number of rotatable bonds is 3. The van der Waals surface area contributed by atoms with E-state index < -0.39 is 0 Å². The maximum atomic E-state index is 12.8. The van der Waals surface area contributed by atoms with Crippen LogP contribution in [0.25, 0.3) is 0 Å². The zero-order chi connectivity index (χ0) is 17.6. The Bertz CT molecular complexity index is 688. The average Bonchev–Trinajstić information content (AvgIpc) is 3.06. The van der Waals surface area contributed by atoms with Crippen LogP contribution in [0.5, 0.6) is 0 Å². The average molecular weight is 405 g/mol. The van der Waals surface area contributed by atoms with Gasteiger partial charge in [0.2, 0.25) is 17.7 Å². The molecular weight excluding hydrogens is 384 g/mol. The molecule has 2 atom stereocenters. The monoisotopic (exact) mass is 404 g/mol. The first-order valence-corrected chi connectivity index (χ1v) is 9.72. The molecule has 5 nitrogen and oxygen atoms in total. The maximum Gasteiger partial charge on any atom is 0.229 e. The van der Waals surface area contributed by atoms with Crippen LogP contribution in [-0.4, -0.2) is 45.6 Å². The first kappa shape index (κ1) is 16.8. The number of piperidine rings is 1. The Labute approximate surface area is 155 Å². The summed E-state index contributed by atoms with van der Waals surface area (Å²) < 4.78 is 1.00. The summed E-state index contributed by atoms with van der Waals surface area (Å²) in [6.07, 6.45) is 4.52. The molecule has 3 aliphatic heterocycles. The highest BCUT2D eigenvalue weighted by Crippen LogP contribution is 2.39. The Morgan fingerprint density at radius 2 is 1.52 bits per heavy atom.